The summed E-state index contributed by atoms with van der Waals surface area (Å²) in [4.78, 5) is 14.8. The Morgan fingerprint density at radius 2 is 1.81 bits per heavy atom. The van der Waals surface area contributed by atoms with Gasteiger partial charge in [0, 0.05) is 12.1 Å². The van der Waals surface area contributed by atoms with Gasteiger partial charge < -0.3 is 19.1 Å². The first-order valence-electron chi connectivity index (χ1n) is 9.08. The molecular weight excluding hydrogens is 330 g/mol. The number of carbonyl (C=O) groups excluding carboxylic acids is 1. The van der Waals surface area contributed by atoms with Crippen LogP contribution in [0.2, 0.25) is 0 Å². The fourth-order valence-corrected chi connectivity index (χ4v) is 3.07. The molecule has 0 bridgehead atoms. The molecule has 0 N–H and O–H groups in total. The Balaban J connectivity index is 1.76. The van der Waals surface area contributed by atoms with Gasteiger partial charge in [0.2, 0.25) is 0 Å². The third-order valence-electron chi connectivity index (χ3n) is 4.32. The molecule has 0 aliphatic carbocycles. The summed E-state index contributed by atoms with van der Waals surface area (Å²) in [6.45, 7) is 6.56. The smallest absolute Gasteiger partial charge is 0.254 e. The van der Waals surface area contributed by atoms with Crippen LogP contribution in [0.1, 0.15) is 35.9 Å². The number of hydrogen-bond donors (Lipinski definition) is 0. The van der Waals surface area contributed by atoms with Crippen molar-refractivity contribution in [2.75, 3.05) is 32.9 Å². The Hall–Kier alpha value is -2.53. The number of rotatable bonds is 6. The van der Waals surface area contributed by atoms with Gasteiger partial charge in [-0.05, 0) is 37.6 Å². The van der Waals surface area contributed by atoms with E-state index in [-0.39, 0.29) is 12.0 Å². The Labute approximate surface area is 154 Å². The number of benzene rings is 2. The molecular formula is C21H25NO4. The summed E-state index contributed by atoms with van der Waals surface area (Å²) in [7, 11) is 0. The van der Waals surface area contributed by atoms with Crippen LogP contribution >= 0.6 is 0 Å². The van der Waals surface area contributed by atoms with Gasteiger partial charge in [-0.2, -0.15) is 0 Å². The van der Waals surface area contributed by atoms with E-state index in [0.717, 1.165) is 5.56 Å². The monoisotopic (exact) mass is 355 g/mol. The molecule has 138 valence electrons. The molecule has 0 aromatic heterocycles. The van der Waals surface area contributed by atoms with Crippen LogP contribution in [0.5, 0.6) is 11.5 Å². The molecule has 1 aliphatic heterocycles. The lowest BCUT2D eigenvalue weighted by Gasteiger charge is -2.33. The fourth-order valence-electron chi connectivity index (χ4n) is 3.07. The molecule has 5 nitrogen and oxygen atoms in total. The summed E-state index contributed by atoms with van der Waals surface area (Å²) < 4.78 is 17.1. The van der Waals surface area contributed by atoms with Crippen molar-refractivity contribution in [3.05, 3.63) is 59.7 Å². The highest BCUT2D eigenvalue weighted by atomic mass is 16.5. The van der Waals surface area contributed by atoms with Crippen molar-refractivity contribution in [1.82, 2.24) is 4.90 Å². The van der Waals surface area contributed by atoms with Gasteiger partial charge in [-0.25, -0.2) is 0 Å². The quantitative estimate of drug-likeness (QED) is 0.793. The van der Waals surface area contributed by atoms with Gasteiger partial charge in [-0.3, -0.25) is 4.79 Å². The van der Waals surface area contributed by atoms with E-state index in [1.807, 2.05) is 49.1 Å². The topological polar surface area (TPSA) is 48.0 Å². The van der Waals surface area contributed by atoms with Gasteiger partial charge in [0.05, 0.1) is 26.4 Å². The highest BCUT2D eigenvalue weighted by molar-refractivity contribution is 5.95. The second kappa shape index (κ2) is 8.72. The molecule has 1 fully saturated rings. The first-order chi connectivity index (χ1) is 12.7. The van der Waals surface area contributed by atoms with Gasteiger partial charge >= 0.3 is 0 Å². The van der Waals surface area contributed by atoms with E-state index in [1.54, 1.807) is 18.2 Å². The Bertz CT molecular complexity index is 732. The van der Waals surface area contributed by atoms with Crippen LogP contribution in [0, 0.1) is 0 Å². The Morgan fingerprint density at radius 1 is 1.08 bits per heavy atom. The van der Waals surface area contributed by atoms with Crippen molar-refractivity contribution < 1.29 is 19.0 Å². The lowest BCUT2D eigenvalue weighted by molar-refractivity contribution is -0.0228. The summed E-state index contributed by atoms with van der Waals surface area (Å²) >= 11 is 0. The van der Waals surface area contributed by atoms with E-state index in [0.29, 0.717) is 50.0 Å². The zero-order valence-electron chi connectivity index (χ0n) is 15.3. The Kier molecular flexibility index (Phi) is 6.12. The molecule has 0 radical (unpaired) electrons. The minimum atomic E-state index is -0.0945. The van der Waals surface area contributed by atoms with E-state index >= 15 is 0 Å². The average Bonchev–Trinajstić information content (AvgIpc) is 2.70. The van der Waals surface area contributed by atoms with Crippen LogP contribution in [-0.2, 0) is 4.74 Å². The summed E-state index contributed by atoms with van der Waals surface area (Å²) in [5, 5.41) is 0. The second-order valence-corrected chi connectivity index (χ2v) is 6.05. The molecule has 1 saturated heterocycles. The van der Waals surface area contributed by atoms with E-state index in [9.17, 15) is 4.79 Å². The standard InChI is InChI=1S/C21H25NO4/c1-3-24-18-11-10-17(14-19(18)25-4-2)21(23)22-12-13-26-20(15-22)16-8-6-5-7-9-16/h5-11,14,20H,3-4,12-13,15H2,1-2H3/t20-/m1/s1. The van der Waals surface area contributed by atoms with Crippen molar-refractivity contribution in [2.45, 2.75) is 20.0 Å². The predicted octanol–water partition coefficient (Wildman–Crippen LogP) is 3.70. The van der Waals surface area contributed by atoms with Gasteiger partial charge in [0.15, 0.2) is 11.5 Å². The number of morpholine rings is 1. The van der Waals surface area contributed by atoms with Gasteiger partial charge in [0.25, 0.3) is 5.91 Å². The summed E-state index contributed by atoms with van der Waals surface area (Å²) in [5.41, 5.74) is 1.69. The van der Waals surface area contributed by atoms with E-state index in [2.05, 4.69) is 0 Å². The molecule has 0 saturated carbocycles. The lowest BCUT2D eigenvalue weighted by atomic mass is 10.1. The largest absolute Gasteiger partial charge is 0.490 e. The third kappa shape index (κ3) is 4.17. The maximum atomic E-state index is 13.0. The van der Waals surface area contributed by atoms with Crippen LogP contribution < -0.4 is 9.47 Å². The van der Waals surface area contributed by atoms with Gasteiger partial charge in [0.1, 0.15) is 6.10 Å². The fraction of sp³-hybridized carbons (Fsp3) is 0.381. The van der Waals surface area contributed by atoms with Crippen LogP contribution in [0.25, 0.3) is 0 Å². The van der Waals surface area contributed by atoms with Crippen LogP contribution in [-0.4, -0.2) is 43.7 Å². The normalized spacial score (nSPS) is 17.0. The van der Waals surface area contributed by atoms with Crippen LogP contribution in [0.3, 0.4) is 0 Å². The zero-order valence-corrected chi connectivity index (χ0v) is 15.3. The van der Waals surface area contributed by atoms with E-state index in [1.165, 1.54) is 0 Å². The SMILES string of the molecule is CCOc1ccc(C(=O)N2CCO[C@@H](c3ccccc3)C2)cc1OCC. The van der Waals surface area contributed by atoms with Crippen LogP contribution in [0.15, 0.2) is 48.5 Å². The summed E-state index contributed by atoms with van der Waals surface area (Å²) in [5.74, 6) is 1.25. The molecule has 1 atom stereocenters. The molecule has 5 heteroatoms. The second-order valence-electron chi connectivity index (χ2n) is 6.05. The molecule has 0 unspecified atom stereocenters. The molecule has 0 spiro atoms. The van der Waals surface area contributed by atoms with Crippen molar-refractivity contribution in [1.29, 1.82) is 0 Å². The zero-order chi connectivity index (χ0) is 18.4. The molecule has 1 heterocycles. The maximum absolute atomic E-state index is 13.0. The van der Waals surface area contributed by atoms with Crippen molar-refractivity contribution in [3.8, 4) is 11.5 Å². The average molecular weight is 355 g/mol. The molecule has 1 aliphatic rings. The van der Waals surface area contributed by atoms with Gasteiger partial charge in [-0.15, -0.1) is 0 Å². The van der Waals surface area contributed by atoms with Crippen LogP contribution in [0.4, 0.5) is 0 Å². The van der Waals surface area contributed by atoms with E-state index < -0.39 is 0 Å². The number of ether oxygens (including phenoxy) is 3. The first kappa shape index (κ1) is 18.3. The number of carbonyl (C=O) groups is 1. The number of amides is 1. The molecule has 1 amide bonds. The Morgan fingerprint density at radius 3 is 2.54 bits per heavy atom. The maximum Gasteiger partial charge on any atom is 0.254 e. The lowest BCUT2D eigenvalue weighted by Crippen LogP contribution is -2.42. The van der Waals surface area contributed by atoms with Crippen molar-refractivity contribution >= 4 is 5.91 Å². The third-order valence-corrected chi connectivity index (χ3v) is 4.32. The number of hydrogen-bond acceptors (Lipinski definition) is 4. The molecule has 3 rings (SSSR count). The van der Waals surface area contributed by atoms with E-state index in [4.69, 9.17) is 14.2 Å². The van der Waals surface area contributed by atoms with Crippen molar-refractivity contribution in [2.24, 2.45) is 0 Å². The minimum absolute atomic E-state index is 0.0155. The minimum Gasteiger partial charge on any atom is -0.490 e. The van der Waals surface area contributed by atoms with Crippen molar-refractivity contribution in [3.63, 3.8) is 0 Å². The molecule has 2 aromatic rings. The number of nitrogens with zero attached hydrogens (tertiary/aromatic N) is 1. The first-order valence-corrected chi connectivity index (χ1v) is 9.08. The summed E-state index contributed by atoms with van der Waals surface area (Å²) in [6, 6.07) is 15.4. The van der Waals surface area contributed by atoms with Gasteiger partial charge in [-0.1, -0.05) is 30.3 Å². The highest BCUT2D eigenvalue weighted by Crippen LogP contribution is 2.30. The predicted molar refractivity (Wildman–Crippen MR) is 99.8 cm³/mol. The molecule has 26 heavy (non-hydrogen) atoms. The summed E-state index contributed by atoms with van der Waals surface area (Å²) in [6.07, 6.45) is -0.0945. The highest BCUT2D eigenvalue weighted by Gasteiger charge is 2.26. The molecule has 2 aromatic carbocycles.